The number of carbonyl (C=O) groups excluding carboxylic acids is 1. The van der Waals surface area contributed by atoms with E-state index in [4.69, 9.17) is 23.2 Å². The van der Waals surface area contributed by atoms with Gasteiger partial charge >= 0.3 is 0 Å². The van der Waals surface area contributed by atoms with Crippen molar-refractivity contribution >= 4 is 29.5 Å². The van der Waals surface area contributed by atoms with E-state index in [0.29, 0.717) is 21.9 Å². The molecule has 0 fully saturated rings. The van der Waals surface area contributed by atoms with Crippen LogP contribution in [0.15, 0.2) is 32.9 Å². The molecule has 0 aliphatic rings. The van der Waals surface area contributed by atoms with Gasteiger partial charge in [-0.05, 0) is 27.2 Å². The summed E-state index contributed by atoms with van der Waals surface area (Å²) < 4.78 is 0. The molecule has 20 heavy (non-hydrogen) atoms. The molecule has 0 aromatic heterocycles. The molecule has 2 atom stereocenters. The van der Waals surface area contributed by atoms with Crippen LogP contribution in [0, 0.1) is 5.92 Å². The number of hydrogen-bond acceptors (Lipinski definition) is 2. The molecule has 0 aromatic carbocycles. The molecule has 0 rings (SSSR count). The highest BCUT2D eigenvalue weighted by molar-refractivity contribution is 6.36. The SMILES string of the molecule is C/C=C(/C)[C@H](C)/C(Cl)=C(\C(Cl)=C(/C)CC)C(O)CC=O. The number of carbonyl (C=O) groups is 1. The molecule has 0 amide bonds. The number of allylic oxidation sites excluding steroid dienone is 4. The highest BCUT2D eigenvalue weighted by Gasteiger charge is 2.23. The molecule has 0 aromatic rings. The Morgan fingerprint density at radius 3 is 2.25 bits per heavy atom. The van der Waals surface area contributed by atoms with Crippen molar-refractivity contribution in [2.45, 2.75) is 53.6 Å². The number of halogens is 2. The second-order valence-electron chi connectivity index (χ2n) is 4.88. The van der Waals surface area contributed by atoms with Crippen molar-refractivity contribution in [1.82, 2.24) is 0 Å². The first-order valence-electron chi connectivity index (χ1n) is 6.81. The van der Waals surface area contributed by atoms with Gasteiger partial charge in [-0.25, -0.2) is 0 Å². The Balaban J connectivity index is 5.92. The topological polar surface area (TPSA) is 37.3 Å². The summed E-state index contributed by atoms with van der Waals surface area (Å²) in [5.74, 6) is -0.0450. The normalized spacial score (nSPS) is 18.1. The van der Waals surface area contributed by atoms with Crippen LogP contribution in [0.2, 0.25) is 0 Å². The fourth-order valence-electron chi connectivity index (χ4n) is 1.69. The summed E-state index contributed by atoms with van der Waals surface area (Å²) in [6, 6.07) is 0. The monoisotopic (exact) mass is 318 g/mol. The zero-order chi connectivity index (χ0) is 15.9. The molecule has 0 radical (unpaired) electrons. The maximum Gasteiger partial charge on any atom is 0.122 e. The van der Waals surface area contributed by atoms with Crippen molar-refractivity contribution < 1.29 is 9.90 Å². The Bertz CT molecular complexity index is 434. The van der Waals surface area contributed by atoms with Crippen LogP contribution >= 0.6 is 23.2 Å². The van der Waals surface area contributed by atoms with Crippen LogP contribution in [0.4, 0.5) is 0 Å². The molecule has 2 nitrogen and oxygen atoms in total. The van der Waals surface area contributed by atoms with Gasteiger partial charge in [0.1, 0.15) is 6.29 Å². The van der Waals surface area contributed by atoms with Gasteiger partial charge in [0.05, 0.1) is 6.10 Å². The van der Waals surface area contributed by atoms with E-state index in [-0.39, 0.29) is 12.3 Å². The highest BCUT2D eigenvalue weighted by Crippen LogP contribution is 2.35. The molecule has 0 saturated heterocycles. The van der Waals surface area contributed by atoms with E-state index in [0.717, 1.165) is 17.6 Å². The van der Waals surface area contributed by atoms with Crippen molar-refractivity contribution in [3.05, 3.63) is 32.9 Å². The molecular weight excluding hydrogens is 295 g/mol. The van der Waals surface area contributed by atoms with Gasteiger partial charge < -0.3 is 9.90 Å². The Morgan fingerprint density at radius 2 is 1.85 bits per heavy atom. The number of hydrogen-bond donors (Lipinski definition) is 1. The fraction of sp³-hybridized carbons (Fsp3) is 0.562. The highest BCUT2D eigenvalue weighted by atomic mass is 35.5. The molecule has 114 valence electrons. The Hall–Kier alpha value is -0.570. The molecule has 4 heteroatoms. The third-order valence-electron chi connectivity index (χ3n) is 3.57. The summed E-state index contributed by atoms with van der Waals surface area (Å²) >= 11 is 12.8. The molecule has 0 aliphatic heterocycles. The standard InChI is InChI=1S/C16H24Cl2O2/c1-6-10(3)12(5)16(18)14(13(20)8-9-19)15(17)11(4)7-2/h6,9,12-13,20H,7-8H2,1-5H3/b10-6-,15-11-,16-14+/t12-,13?/m0/s1. The predicted octanol–water partition coefficient (Wildman–Crippen LogP) is 4.95. The lowest BCUT2D eigenvalue weighted by molar-refractivity contribution is -0.109. The lowest BCUT2D eigenvalue weighted by Gasteiger charge is -2.21. The molecular formula is C16H24Cl2O2. The molecule has 1 unspecified atom stereocenters. The van der Waals surface area contributed by atoms with Gasteiger partial charge in [-0.2, -0.15) is 0 Å². The third-order valence-corrected chi connectivity index (χ3v) is 4.63. The molecule has 0 bridgehead atoms. The minimum absolute atomic E-state index is 0.0135. The fourth-order valence-corrected chi connectivity index (χ4v) is 2.49. The summed E-state index contributed by atoms with van der Waals surface area (Å²) in [5, 5.41) is 11.1. The summed E-state index contributed by atoms with van der Waals surface area (Å²) in [5.41, 5.74) is 2.49. The van der Waals surface area contributed by atoms with Crippen LogP contribution in [0.1, 0.15) is 47.5 Å². The van der Waals surface area contributed by atoms with E-state index in [1.165, 1.54) is 0 Å². The van der Waals surface area contributed by atoms with E-state index in [1.54, 1.807) is 0 Å². The average Bonchev–Trinajstić information content (AvgIpc) is 2.44. The Morgan fingerprint density at radius 1 is 1.30 bits per heavy atom. The number of rotatable bonds is 7. The predicted molar refractivity (Wildman–Crippen MR) is 87.0 cm³/mol. The van der Waals surface area contributed by atoms with Gasteiger partial charge in [0.2, 0.25) is 0 Å². The van der Waals surface area contributed by atoms with Crippen molar-refractivity contribution in [3.63, 3.8) is 0 Å². The van der Waals surface area contributed by atoms with Crippen LogP contribution in [-0.2, 0) is 4.79 Å². The average molecular weight is 319 g/mol. The quantitative estimate of drug-likeness (QED) is 0.409. The van der Waals surface area contributed by atoms with E-state index >= 15 is 0 Å². The first-order chi connectivity index (χ1) is 9.31. The van der Waals surface area contributed by atoms with Gasteiger partial charge in [0, 0.05) is 28.0 Å². The summed E-state index contributed by atoms with van der Waals surface area (Å²) in [6.07, 6.45) is 2.42. The Labute approximate surface area is 132 Å². The van der Waals surface area contributed by atoms with Gasteiger partial charge in [0.15, 0.2) is 0 Å². The number of aliphatic hydroxyl groups excluding tert-OH is 1. The summed E-state index contributed by atoms with van der Waals surface area (Å²) in [7, 11) is 0. The molecule has 0 saturated carbocycles. The van der Waals surface area contributed by atoms with Crippen LogP contribution in [0.3, 0.4) is 0 Å². The van der Waals surface area contributed by atoms with Crippen LogP contribution in [0.25, 0.3) is 0 Å². The van der Waals surface area contributed by atoms with E-state index in [1.807, 2.05) is 40.7 Å². The summed E-state index contributed by atoms with van der Waals surface area (Å²) in [6.45, 7) is 9.74. The molecule has 0 aliphatic carbocycles. The number of aldehydes is 1. The molecule has 0 heterocycles. The van der Waals surface area contributed by atoms with Crippen molar-refractivity contribution in [2.75, 3.05) is 0 Å². The first-order valence-corrected chi connectivity index (χ1v) is 7.56. The largest absolute Gasteiger partial charge is 0.388 e. The Kier molecular flexibility index (Phi) is 9.11. The van der Waals surface area contributed by atoms with Gasteiger partial charge in [-0.15, -0.1) is 0 Å². The molecule has 0 spiro atoms. The third kappa shape index (κ3) is 5.08. The summed E-state index contributed by atoms with van der Waals surface area (Å²) in [4.78, 5) is 10.7. The van der Waals surface area contributed by atoms with Gasteiger partial charge in [-0.3, -0.25) is 0 Å². The maximum absolute atomic E-state index is 10.7. The zero-order valence-corrected chi connectivity index (χ0v) is 14.3. The van der Waals surface area contributed by atoms with E-state index in [9.17, 15) is 9.90 Å². The lowest BCUT2D eigenvalue weighted by atomic mass is 9.94. The number of aliphatic hydroxyl groups is 1. The minimum atomic E-state index is -0.971. The van der Waals surface area contributed by atoms with Gasteiger partial charge in [-0.1, -0.05) is 54.3 Å². The van der Waals surface area contributed by atoms with Crippen LogP contribution in [0.5, 0.6) is 0 Å². The second-order valence-corrected chi connectivity index (χ2v) is 5.67. The van der Waals surface area contributed by atoms with Crippen molar-refractivity contribution in [3.8, 4) is 0 Å². The van der Waals surface area contributed by atoms with Crippen LogP contribution < -0.4 is 0 Å². The smallest absolute Gasteiger partial charge is 0.122 e. The zero-order valence-electron chi connectivity index (χ0n) is 12.8. The first kappa shape index (κ1) is 19.4. The molecule has 1 N–H and O–H groups in total. The maximum atomic E-state index is 10.7. The second kappa shape index (κ2) is 9.38. The lowest BCUT2D eigenvalue weighted by Crippen LogP contribution is -2.16. The van der Waals surface area contributed by atoms with Crippen molar-refractivity contribution in [2.24, 2.45) is 5.92 Å². The van der Waals surface area contributed by atoms with Crippen molar-refractivity contribution in [1.29, 1.82) is 0 Å². The van der Waals surface area contributed by atoms with E-state index in [2.05, 4.69) is 0 Å². The minimum Gasteiger partial charge on any atom is -0.388 e. The van der Waals surface area contributed by atoms with Gasteiger partial charge in [0.25, 0.3) is 0 Å². The van der Waals surface area contributed by atoms with E-state index < -0.39 is 6.10 Å². The van der Waals surface area contributed by atoms with Crippen LogP contribution in [-0.4, -0.2) is 17.5 Å².